The minimum Gasteiger partial charge on any atom is -0.543 e. The van der Waals surface area contributed by atoms with Crippen molar-refractivity contribution in [1.82, 2.24) is 9.97 Å². The quantitative estimate of drug-likeness (QED) is 0.123. The minimum atomic E-state index is -3.95. The van der Waals surface area contributed by atoms with Gasteiger partial charge in [0.15, 0.2) is 0 Å². The Bertz CT molecular complexity index is 1350. The smallest absolute Gasteiger partial charge is 0.364 e. The first kappa shape index (κ1) is 32.5. The van der Waals surface area contributed by atoms with Crippen molar-refractivity contribution in [3.63, 3.8) is 0 Å². The number of esters is 1. The molecule has 9 nitrogen and oxygen atoms in total. The van der Waals surface area contributed by atoms with Gasteiger partial charge in [-0.1, -0.05) is 63.2 Å². The third kappa shape index (κ3) is 8.26. The van der Waals surface area contributed by atoms with Crippen molar-refractivity contribution in [2.75, 3.05) is 25.6 Å². The second-order valence-electron chi connectivity index (χ2n) is 11.0. The Balaban J connectivity index is 2.06. The Labute approximate surface area is 244 Å². The Morgan fingerprint density at radius 1 is 1.02 bits per heavy atom. The number of nitrogens with one attached hydrogen (secondary N) is 1. The van der Waals surface area contributed by atoms with Crippen LogP contribution in [0.15, 0.2) is 60.8 Å². The van der Waals surface area contributed by atoms with Gasteiger partial charge in [0.2, 0.25) is 14.1 Å². The van der Waals surface area contributed by atoms with Crippen LogP contribution in [0.4, 0.5) is 5.82 Å². The first-order valence-corrected chi connectivity index (χ1v) is 18.3. The molecule has 0 saturated heterocycles. The number of hydrogen-bond acceptors (Lipinski definition) is 9. The number of carbonyl (C=O) groups excluding carboxylic acids is 1. The molecule has 41 heavy (non-hydrogen) atoms. The second-order valence-corrected chi connectivity index (χ2v) is 17.9. The van der Waals surface area contributed by atoms with Gasteiger partial charge in [-0.05, 0) is 49.7 Å². The summed E-state index contributed by atoms with van der Waals surface area (Å²) in [4.78, 5) is 22.4. The zero-order valence-electron chi connectivity index (χ0n) is 25.3. The van der Waals surface area contributed by atoms with Crippen LogP contribution in [0.3, 0.4) is 0 Å². The molecule has 222 valence electrons. The molecular formula is C30H42N3O6PSi. The lowest BCUT2D eigenvalue weighted by molar-refractivity contribution is -0.140. The van der Waals surface area contributed by atoms with Gasteiger partial charge in [0.1, 0.15) is 11.6 Å². The highest BCUT2D eigenvalue weighted by Crippen LogP contribution is 2.53. The molecule has 3 aromatic rings. The molecule has 2 aromatic carbocycles. The summed E-state index contributed by atoms with van der Waals surface area (Å²) in [5.41, 5.74) is 3.02. The summed E-state index contributed by atoms with van der Waals surface area (Å²) >= 11 is 0. The van der Waals surface area contributed by atoms with E-state index in [0.717, 1.165) is 16.9 Å². The summed E-state index contributed by atoms with van der Waals surface area (Å²) < 4.78 is 36.0. The predicted octanol–water partition coefficient (Wildman–Crippen LogP) is 7.30. The van der Waals surface area contributed by atoms with Crippen LogP contribution in [0.2, 0.25) is 18.1 Å². The lowest BCUT2D eigenvalue weighted by Crippen LogP contribution is -2.43. The molecule has 0 aliphatic carbocycles. The summed E-state index contributed by atoms with van der Waals surface area (Å²) in [6.45, 7) is 14.5. The molecule has 0 saturated carbocycles. The van der Waals surface area contributed by atoms with E-state index in [4.69, 9.17) is 23.2 Å². The standard InChI is InChI=1S/C30H42N3O6PSi/c1-9-37-40(35,38-10-2)28(29(34)36-6)33-27-25(19-22-15-12-11-13-16-22)32-26(21-31-27)23-17-14-18-24(20-23)39-41(7,8)30(3,4)5/h11-18,20-21,28H,9-10,19H2,1-8H3,(H,31,33). The first-order valence-electron chi connectivity index (χ1n) is 13.8. The van der Waals surface area contributed by atoms with Crippen molar-refractivity contribution in [3.8, 4) is 17.0 Å². The zero-order chi connectivity index (χ0) is 30.3. The van der Waals surface area contributed by atoms with Crippen LogP contribution >= 0.6 is 7.60 Å². The summed E-state index contributed by atoms with van der Waals surface area (Å²) in [5, 5.41) is 3.04. The van der Waals surface area contributed by atoms with E-state index in [0.29, 0.717) is 17.8 Å². The molecule has 3 rings (SSSR count). The lowest BCUT2D eigenvalue weighted by atomic mass is 10.1. The van der Waals surface area contributed by atoms with E-state index >= 15 is 0 Å². The van der Waals surface area contributed by atoms with E-state index in [9.17, 15) is 9.36 Å². The third-order valence-electron chi connectivity index (χ3n) is 7.00. The van der Waals surface area contributed by atoms with Crippen LogP contribution in [-0.2, 0) is 29.6 Å². The molecule has 0 fully saturated rings. The highest BCUT2D eigenvalue weighted by atomic mass is 31.2. The molecule has 0 bridgehead atoms. The highest BCUT2D eigenvalue weighted by molar-refractivity contribution is 7.55. The lowest BCUT2D eigenvalue weighted by Gasteiger charge is -2.36. The number of nitrogens with zero attached hydrogens (tertiary/aromatic N) is 2. The van der Waals surface area contributed by atoms with Gasteiger partial charge in [0, 0.05) is 12.0 Å². The van der Waals surface area contributed by atoms with Crippen LogP contribution in [0.5, 0.6) is 5.75 Å². The van der Waals surface area contributed by atoms with Crippen molar-refractivity contribution in [2.24, 2.45) is 0 Å². The number of methoxy groups -OCH3 is 1. The van der Waals surface area contributed by atoms with Gasteiger partial charge in [-0.3, -0.25) is 4.57 Å². The van der Waals surface area contributed by atoms with Crippen LogP contribution in [0, 0.1) is 0 Å². The molecule has 1 unspecified atom stereocenters. The zero-order valence-corrected chi connectivity index (χ0v) is 27.2. The monoisotopic (exact) mass is 599 g/mol. The van der Waals surface area contributed by atoms with E-state index in [1.54, 1.807) is 20.0 Å². The topological polar surface area (TPSA) is 109 Å². The van der Waals surface area contributed by atoms with Gasteiger partial charge in [-0.25, -0.2) is 14.8 Å². The molecule has 0 aliphatic rings. The average Bonchev–Trinajstić information content (AvgIpc) is 2.92. The van der Waals surface area contributed by atoms with Crippen LogP contribution in [0.1, 0.15) is 45.9 Å². The largest absolute Gasteiger partial charge is 0.543 e. The van der Waals surface area contributed by atoms with Crippen molar-refractivity contribution in [3.05, 3.63) is 72.1 Å². The van der Waals surface area contributed by atoms with E-state index in [1.807, 2.05) is 54.6 Å². The van der Waals surface area contributed by atoms with Crippen LogP contribution < -0.4 is 9.74 Å². The van der Waals surface area contributed by atoms with E-state index in [-0.39, 0.29) is 24.1 Å². The van der Waals surface area contributed by atoms with E-state index in [2.05, 4.69) is 44.2 Å². The maximum absolute atomic E-state index is 13.6. The van der Waals surface area contributed by atoms with Crippen molar-refractivity contribution >= 4 is 27.7 Å². The van der Waals surface area contributed by atoms with Gasteiger partial charge in [-0.2, -0.15) is 0 Å². The van der Waals surface area contributed by atoms with Crippen molar-refractivity contribution < 1.29 is 27.6 Å². The molecule has 0 radical (unpaired) electrons. The number of rotatable bonds is 13. The SMILES string of the molecule is CCOP(=O)(OCC)C(Nc1ncc(-c2cccc(O[Si](C)(C)C(C)(C)C)c2)nc1Cc1ccccc1)C(=O)OC. The maximum atomic E-state index is 13.6. The molecule has 1 heterocycles. The number of benzene rings is 2. The van der Waals surface area contributed by atoms with Gasteiger partial charge < -0.3 is 23.5 Å². The molecule has 1 aromatic heterocycles. The predicted molar refractivity (Wildman–Crippen MR) is 165 cm³/mol. The van der Waals surface area contributed by atoms with Gasteiger partial charge in [0.25, 0.3) is 0 Å². The normalized spacial score (nSPS) is 13.0. The van der Waals surface area contributed by atoms with Crippen molar-refractivity contribution in [2.45, 2.75) is 65.0 Å². The minimum absolute atomic E-state index is 0.0532. The fourth-order valence-corrected chi connectivity index (χ4v) is 6.58. The molecule has 0 aliphatic heterocycles. The second kappa shape index (κ2) is 13.7. The van der Waals surface area contributed by atoms with Gasteiger partial charge >= 0.3 is 13.6 Å². The molecule has 0 amide bonds. The summed E-state index contributed by atoms with van der Waals surface area (Å²) in [6.07, 6.45) is 2.02. The van der Waals surface area contributed by atoms with Crippen LogP contribution in [-0.4, -0.2) is 50.4 Å². The third-order valence-corrected chi connectivity index (χ3v) is 13.6. The number of aromatic nitrogens is 2. The number of carbonyl (C=O) groups is 1. The number of hydrogen-bond donors (Lipinski definition) is 1. The summed E-state index contributed by atoms with van der Waals surface area (Å²) in [7, 11) is -4.77. The first-order chi connectivity index (χ1) is 19.3. The van der Waals surface area contributed by atoms with E-state index in [1.165, 1.54) is 7.11 Å². The van der Waals surface area contributed by atoms with Crippen molar-refractivity contribution in [1.29, 1.82) is 0 Å². The average molecular weight is 600 g/mol. The summed E-state index contributed by atoms with van der Waals surface area (Å²) in [5.74, 6) is -1.16. The maximum Gasteiger partial charge on any atom is 0.364 e. The van der Waals surface area contributed by atoms with E-state index < -0.39 is 27.7 Å². The Kier molecular flexibility index (Phi) is 10.9. The molecule has 11 heteroatoms. The number of ether oxygens (including phenoxy) is 1. The Morgan fingerprint density at radius 2 is 1.68 bits per heavy atom. The molecule has 1 atom stereocenters. The highest BCUT2D eigenvalue weighted by Gasteiger charge is 2.43. The fourth-order valence-electron chi connectivity index (χ4n) is 3.82. The summed E-state index contributed by atoms with van der Waals surface area (Å²) in [6, 6.07) is 17.6. The van der Waals surface area contributed by atoms with Crippen LogP contribution in [0.25, 0.3) is 11.3 Å². The number of anilines is 1. The Hall–Kier alpha value is -3.04. The van der Waals surface area contributed by atoms with Gasteiger partial charge in [0.05, 0.1) is 37.9 Å². The van der Waals surface area contributed by atoms with Gasteiger partial charge in [-0.15, -0.1) is 0 Å². The Morgan fingerprint density at radius 3 is 2.27 bits per heavy atom. The fraction of sp³-hybridized carbons (Fsp3) is 0.433. The molecule has 1 N–H and O–H groups in total. The molecule has 0 spiro atoms. The molecular weight excluding hydrogens is 557 g/mol.